The molecule has 0 radical (unpaired) electrons. The first-order chi connectivity index (χ1) is 12.2. The average molecular weight is 351 g/mol. The lowest BCUT2D eigenvalue weighted by Crippen LogP contribution is -2.01. The lowest BCUT2D eigenvalue weighted by Gasteiger charge is -2.12. The molecule has 1 aliphatic carbocycles. The number of carbonyl (C=O) groups is 1. The number of carboxylic acids is 1. The number of carboxylic acid groups (broad SMARTS) is 1. The maximum absolute atomic E-state index is 10.7. The molecule has 1 fully saturated rings. The van der Waals surface area contributed by atoms with Crippen LogP contribution in [0.15, 0.2) is 53.8 Å². The SMILES string of the molecule is O=C(O)CSc1nccc(Nc2ccc(C3CC3)c3ccccc23)n1. The Hall–Kier alpha value is -2.60. The summed E-state index contributed by atoms with van der Waals surface area (Å²) < 4.78 is 0. The summed E-state index contributed by atoms with van der Waals surface area (Å²) in [6, 6.07) is 14.5. The smallest absolute Gasteiger partial charge is 0.313 e. The van der Waals surface area contributed by atoms with Crippen molar-refractivity contribution in [3.63, 3.8) is 0 Å². The fourth-order valence-electron chi connectivity index (χ4n) is 2.93. The van der Waals surface area contributed by atoms with E-state index in [-0.39, 0.29) is 5.75 Å². The molecule has 1 aliphatic rings. The molecule has 0 aliphatic heterocycles. The Morgan fingerprint density at radius 2 is 1.96 bits per heavy atom. The van der Waals surface area contributed by atoms with Gasteiger partial charge in [0.2, 0.25) is 0 Å². The minimum atomic E-state index is -0.881. The molecule has 2 aromatic carbocycles. The van der Waals surface area contributed by atoms with Gasteiger partial charge < -0.3 is 10.4 Å². The minimum absolute atomic E-state index is 0.0531. The van der Waals surface area contributed by atoms with Crippen molar-refractivity contribution in [2.45, 2.75) is 23.9 Å². The van der Waals surface area contributed by atoms with Gasteiger partial charge >= 0.3 is 5.97 Å². The molecule has 3 aromatic rings. The second kappa shape index (κ2) is 6.72. The van der Waals surface area contributed by atoms with Crippen LogP contribution in [-0.4, -0.2) is 26.8 Å². The van der Waals surface area contributed by atoms with E-state index in [1.165, 1.54) is 29.2 Å². The van der Waals surface area contributed by atoms with Crippen molar-refractivity contribution in [3.05, 3.63) is 54.2 Å². The standard InChI is InChI=1S/C19H17N3O2S/c23-18(24)11-25-19-20-10-9-17(22-19)21-16-8-7-13(12-5-6-12)14-3-1-2-4-15(14)16/h1-4,7-10,12H,5-6,11H2,(H,23,24)(H,20,21,22). The summed E-state index contributed by atoms with van der Waals surface area (Å²) in [7, 11) is 0. The minimum Gasteiger partial charge on any atom is -0.481 e. The van der Waals surface area contributed by atoms with Gasteiger partial charge in [-0.2, -0.15) is 0 Å². The highest BCUT2D eigenvalue weighted by atomic mass is 32.2. The van der Waals surface area contributed by atoms with Crippen molar-refractivity contribution >= 4 is 40.0 Å². The largest absolute Gasteiger partial charge is 0.481 e. The van der Waals surface area contributed by atoms with E-state index in [2.05, 4.69) is 45.6 Å². The van der Waals surface area contributed by atoms with Gasteiger partial charge in [-0.1, -0.05) is 42.1 Å². The van der Waals surface area contributed by atoms with E-state index < -0.39 is 5.97 Å². The summed E-state index contributed by atoms with van der Waals surface area (Å²) in [6.07, 6.45) is 4.18. The molecule has 2 N–H and O–H groups in total. The molecule has 25 heavy (non-hydrogen) atoms. The van der Waals surface area contributed by atoms with Crippen molar-refractivity contribution in [2.75, 3.05) is 11.1 Å². The third kappa shape index (κ3) is 3.58. The van der Waals surface area contributed by atoms with E-state index in [1.807, 2.05) is 6.07 Å². The summed E-state index contributed by atoms with van der Waals surface area (Å²) in [6.45, 7) is 0. The van der Waals surface area contributed by atoms with E-state index in [9.17, 15) is 4.79 Å². The molecule has 0 atom stereocenters. The molecule has 0 spiro atoms. The maximum Gasteiger partial charge on any atom is 0.313 e. The molecule has 5 nitrogen and oxygen atoms in total. The third-order valence-electron chi connectivity index (χ3n) is 4.20. The Labute approximate surface area is 149 Å². The van der Waals surface area contributed by atoms with E-state index in [1.54, 1.807) is 12.3 Å². The van der Waals surface area contributed by atoms with Crippen LogP contribution in [0.4, 0.5) is 11.5 Å². The highest BCUT2D eigenvalue weighted by molar-refractivity contribution is 7.99. The normalized spacial score (nSPS) is 13.8. The molecular formula is C19H17N3O2S. The summed E-state index contributed by atoms with van der Waals surface area (Å²) in [5, 5.41) is 15.0. The maximum atomic E-state index is 10.7. The van der Waals surface area contributed by atoms with Crippen LogP contribution in [0.5, 0.6) is 0 Å². The summed E-state index contributed by atoms with van der Waals surface area (Å²) in [4.78, 5) is 19.2. The van der Waals surface area contributed by atoms with Crippen LogP contribution in [0.3, 0.4) is 0 Å². The number of anilines is 2. The number of hydrogen-bond acceptors (Lipinski definition) is 5. The molecular weight excluding hydrogens is 334 g/mol. The topological polar surface area (TPSA) is 75.1 Å². The van der Waals surface area contributed by atoms with Gasteiger partial charge in [0.25, 0.3) is 0 Å². The molecule has 1 saturated carbocycles. The van der Waals surface area contributed by atoms with Gasteiger partial charge in [-0.3, -0.25) is 4.79 Å². The third-order valence-corrected chi connectivity index (χ3v) is 5.04. The van der Waals surface area contributed by atoms with Crippen molar-refractivity contribution in [1.29, 1.82) is 0 Å². The number of benzene rings is 2. The average Bonchev–Trinajstić information content (AvgIpc) is 3.46. The molecule has 0 saturated heterocycles. The van der Waals surface area contributed by atoms with Gasteiger partial charge in [0.05, 0.1) is 5.75 Å². The molecule has 1 aromatic heterocycles. The van der Waals surface area contributed by atoms with Gasteiger partial charge in [-0.05, 0) is 41.8 Å². The van der Waals surface area contributed by atoms with E-state index in [4.69, 9.17) is 5.11 Å². The van der Waals surface area contributed by atoms with Crippen LogP contribution in [0.1, 0.15) is 24.3 Å². The fourth-order valence-corrected chi connectivity index (χ4v) is 3.48. The second-order valence-electron chi connectivity index (χ2n) is 6.05. The fraction of sp³-hybridized carbons (Fsp3) is 0.211. The molecule has 126 valence electrons. The molecule has 6 heteroatoms. The van der Waals surface area contributed by atoms with Crippen molar-refractivity contribution in [2.24, 2.45) is 0 Å². The highest BCUT2D eigenvalue weighted by Crippen LogP contribution is 2.44. The number of nitrogens with one attached hydrogen (secondary N) is 1. The molecule has 0 unspecified atom stereocenters. The van der Waals surface area contributed by atoms with E-state index in [0.29, 0.717) is 16.9 Å². The van der Waals surface area contributed by atoms with Gasteiger partial charge in [0.15, 0.2) is 5.16 Å². The van der Waals surface area contributed by atoms with Gasteiger partial charge in [-0.25, -0.2) is 9.97 Å². The monoisotopic (exact) mass is 351 g/mol. The number of aliphatic carboxylic acids is 1. The van der Waals surface area contributed by atoms with Gasteiger partial charge in [0, 0.05) is 17.3 Å². The number of fused-ring (bicyclic) bond motifs is 1. The van der Waals surface area contributed by atoms with Crippen LogP contribution in [0.2, 0.25) is 0 Å². The lowest BCUT2D eigenvalue weighted by molar-refractivity contribution is -0.133. The predicted molar refractivity (Wildman–Crippen MR) is 99.6 cm³/mol. The number of nitrogens with zero attached hydrogens (tertiary/aromatic N) is 2. The van der Waals surface area contributed by atoms with E-state index >= 15 is 0 Å². The Bertz CT molecular complexity index is 941. The first-order valence-corrected chi connectivity index (χ1v) is 9.15. The van der Waals surface area contributed by atoms with Gasteiger partial charge in [-0.15, -0.1) is 0 Å². The predicted octanol–water partition coefficient (Wildman–Crippen LogP) is 4.43. The molecule has 0 bridgehead atoms. The summed E-state index contributed by atoms with van der Waals surface area (Å²) in [5.74, 6) is 0.417. The molecule has 1 heterocycles. The van der Waals surface area contributed by atoms with Crippen molar-refractivity contribution in [1.82, 2.24) is 9.97 Å². The number of thioether (sulfide) groups is 1. The summed E-state index contributed by atoms with van der Waals surface area (Å²) in [5.41, 5.74) is 2.41. The summed E-state index contributed by atoms with van der Waals surface area (Å²) >= 11 is 1.11. The number of rotatable bonds is 6. The van der Waals surface area contributed by atoms with Crippen molar-refractivity contribution < 1.29 is 9.90 Å². The number of hydrogen-bond donors (Lipinski definition) is 2. The zero-order valence-corrected chi connectivity index (χ0v) is 14.3. The number of aromatic nitrogens is 2. The zero-order valence-electron chi connectivity index (χ0n) is 13.5. The Balaban J connectivity index is 1.64. The van der Waals surface area contributed by atoms with Crippen LogP contribution in [0, 0.1) is 0 Å². The molecule has 0 amide bonds. The van der Waals surface area contributed by atoms with Crippen LogP contribution in [0.25, 0.3) is 10.8 Å². The van der Waals surface area contributed by atoms with Crippen LogP contribution >= 0.6 is 11.8 Å². The zero-order chi connectivity index (χ0) is 17.2. The van der Waals surface area contributed by atoms with Crippen LogP contribution in [-0.2, 0) is 4.79 Å². The highest BCUT2D eigenvalue weighted by Gasteiger charge is 2.25. The van der Waals surface area contributed by atoms with Crippen molar-refractivity contribution in [3.8, 4) is 0 Å². The molecule has 4 rings (SSSR count). The lowest BCUT2D eigenvalue weighted by atomic mass is 9.99. The van der Waals surface area contributed by atoms with Crippen LogP contribution < -0.4 is 5.32 Å². The Morgan fingerprint density at radius 3 is 2.72 bits per heavy atom. The Morgan fingerprint density at radius 1 is 1.16 bits per heavy atom. The first kappa shape index (κ1) is 15.9. The second-order valence-corrected chi connectivity index (χ2v) is 7.00. The first-order valence-electron chi connectivity index (χ1n) is 8.17. The Kier molecular flexibility index (Phi) is 4.28. The van der Waals surface area contributed by atoms with Gasteiger partial charge in [0.1, 0.15) is 5.82 Å². The van der Waals surface area contributed by atoms with E-state index in [0.717, 1.165) is 17.4 Å². The quantitative estimate of drug-likeness (QED) is 0.505.